The molecular weight excluding hydrogens is 452 g/mol. The predicted molar refractivity (Wildman–Crippen MR) is 109 cm³/mol. The van der Waals surface area contributed by atoms with Gasteiger partial charge in [0.15, 0.2) is 0 Å². The second-order valence-corrected chi connectivity index (χ2v) is 9.84. The largest absolute Gasteiger partial charge is 0.280 e. The minimum absolute atomic E-state index is 0.0568. The van der Waals surface area contributed by atoms with Gasteiger partial charge in [0.1, 0.15) is 0 Å². The van der Waals surface area contributed by atoms with E-state index in [1.807, 2.05) is 0 Å². The molecule has 0 aromatic heterocycles. The molecular formula is C18H15BrN2O4S2. The number of halogens is 1. The summed E-state index contributed by atoms with van der Waals surface area (Å²) < 4.78 is 55.6. The van der Waals surface area contributed by atoms with Gasteiger partial charge in [-0.25, -0.2) is 16.8 Å². The Morgan fingerprint density at radius 1 is 0.593 bits per heavy atom. The third kappa shape index (κ3) is 4.88. The van der Waals surface area contributed by atoms with Crippen molar-refractivity contribution in [3.8, 4) is 0 Å². The minimum Gasteiger partial charge on any atom is -0.280 e. The summed E-state index contributed by atoms with van der Waals surface area (Å²) in [6.45, 7) is 0. The first-order valence-electron chi connectivity index (χ1n) is 7.73. The lowest BCUT2D eigenvalue weighted by atomic mass is 10.3. The number of anilines is 2. The van der Waals surface area contributed by atoms with Gasteiger partial charge in [-0.15, -0.1) is 0 Å². The molecule has 2 N–H and O–H groups in total. The summed E-state index contributed by atoms with van der Waals surface area (Å²) in [6, 6.07) is 20.1. The van der Waals surface area contributed by atoms with Crippen molar-refractivity contribution in [1.29, 1.82) is 0 Å². The maximum atomic E-state index is 12.6. The monoisotopic (exact) mass is 466 g/mol. The average molecular weight is 467 g/mol. The molecule has 3 rings (SSSR count). The van der Waals surface area contributed by atoms with Gasteiger partial charge >= 0.3 is 0 Å². The lowest BCUT2D eigenvalue weighted by Gasteiger charge is -2.11. The summed E-state index contributed by atoms with van der Waals surface area (Å²) in [5.74, 6) is 0. The van der Waals surface area contributed by atoms with Crippen LogP contribution >= 0.6 is 15.9 Å². The van der Waals surface area contributed by atoms with E-state index in [9.17, 15) is 16.8 Å². The van der Waals surface area contributed by atoms with Crippen molar-refractivity contribution in [2.45, 2.75) is 9.79 Å². The summed E-state index contributed by atoms with van der Waals surface area (Å²) >= 11 is 3.28. The molecule has 0 spiro atoms. The smallest absolute Gasteiger partial charge is 0.261 e. The summed E-state index contributed by atoms with van der Waals surface area (Å²) in [5.41, 5.74) is 0.547. The minimum atomic E-state index is -3.87. The van der Waals surface area contributed by atoms with E-state index in [0.29, 0.717) is 5.69 Å². The van der Waals surface area contributed by atoms with E-state index in [1.165, 1.54) is 36.4 Å². The fourth-order valence-electron chi connectivity index (χ4n) is 2.27. The van der Waals surface area contributed by atoms with E-state index in [1.54, 1.807) is 42.5 Å². The summed E-state index contributed by atoms with van der Waals surface area (Å²) in [4.78, 5) is 0.0323. The zero-order valence-electron chi connectivity index (χ0n) is 13.8. The van der Waals surface area contributed by atoms with Crippen LogP contribution in [0.25, 0.3) is 0 Å². The van der Waals surface area contributed by atoms with Crippen molar-refractivity contribution < 1.29 is 16.8 Å². The highest BCUT2D eigenvalue weighted by Gasteiger charge is 2.17. The van der Waals surface area contributed by atoms with Crippen LogP contribution < -0.4 is 9.44 Å². The first-order chi connectivity index (χ1) is 12.8. The Bertz CT molecular complexity index is 1150. The Morgan fingerprint density at radius 3 is 1.81 bits per heavy atom. The average Bonchev–Trinajstić information content (AvgIpc) is 2.64. The molecule has 0 bridgehead atoms. The SMILES string of the molecule is O=S(=O)(Nc1cccc(S(=O)(=O)Nc2ccc(Br)cc2)c1)c1ccccc1. The molecule has 0 atom stereocenters. The van der Waals surface area contributed by atoms with Crippen LogP contribution in [-0.2, 0) is 20.0 Å². The maximum Gasteiger partial charge on any atom is 0.261 e. The Morgan fingerprint density at radius 2 is 1.15 bits per heavy atom. The van der Waals surface area contributed by atoms with Crippen molar-refractivity contribution in [2.24, 2.45) is 0 Å². The number of nitrogens with one attached hydrogen (secondary N) is 2. The van der Waals surface area contributed by atoms with E-state index in [-0.39, 0.29) is 15.5 Å². The van der Waals surface area contributed by atoms with Crippen LogP contribution in [-0.4, -0.2) is 16.8 Å². The predicted octanol–water partition coefficient (Wildman–Crippen LogP) is 4.05. The van der Waals surface area contributed by atoms with Crippen LogP contribution in [0.4, 0.5) is 11.4 Å². The van der Waals surface area contributed by atoms with E-state index in [0.717, 1.165) is 4.47 Å². The zero-order valence-corrected chi connectivity index (χ0v) is 17.1. The third-order valence-electron chi connectivity index (χ3n) is 3.55. The van der Waals surface area contributed by atoms with E-state index < -0.39 is 20.0 Å². The highest BCUT2D eigenvalue weighted by Crippen LogP contribution is 2.22. The standard InChI is InChI=1S/C18H15BrN2O4S2/c19-14-9-11-15(12-10-14)20-27(24,25)18-8-4-5-16(13-18)21-26(22,23)17-6-2-1-3-7-17/h1-13,20-21H. The Balaban J connectivity index is 1.85. The quantitative estimate of drug-likeness (QED) is 0.572. The number of rotatable bonds is 6. The molecule has 0 radical (unpaired) electrons. The highest BCUT2D eigenvalue weighted by atomic mass is 79.9. The Hall–Kier alpha value is -2.36. The molecule has 27 heavy (non-hydrogen) atoms. The molecule has 0 aliphatic heterocycles. The molecule has 0 amide bonds. The molecule has 0 aliphatic carbocycles. The Labute approximate surface area is 166 Å². The number of hydrogen-bond donors (Lipinski definition) is 2. The topological polar surface area (TPSA) is 92.3 Å². The van der Waals surface area contributed by atoms with Crippen LogP contribution in [0.1, 0.15) is 0 Å². The second-order valence-electron chi connectivity index (χ2n) is 5.56. The highest BCUT2D eigenvalue weighted by molar-refractivity contribution is 9.10. The van der Waals surface area contributed by atoms with Gasteiger partial charge in [-0.1, -0.05) is 40.2 Å². The first-order valence-corrected chi connectivity index (χ1v) is 11.5. The van der Waals surface area contributed by atoms with Gasteiger partial charge in [0.05, 0.1) is 15.5 Å². The van der Waals surface area contributed by atoms with Gasteiger partial charge in [-0.2, -0.15) is 0 Å². The fraction of sp³-hybridized carbons (Fsp3) is 0. The zero-order chi connectivity index (χ0) is 19.5. The molecule has 140 valence electrons. The van der Waals surface area contributed by atoms with E-state index in [2.05, 4.69) is 25.4 Å². The molecule has 0 heterocycles. The lowest BCUT2D eigenvalue weighted by molar-refractivity contribution is 0.598. The van der Waals surface area contributed by atoms with Gasteiger partial charge < -0.3 is 0 Å². The van der Waals surface area contributed by atoms with Crippen LogP contribution in [0.3, 0.4) is 0 Å². The normalized spacial score (nSPS) is 11.7. The molecule has 0 saturated carbocycles. The molecule has 3 aromatic carbocycles. The van der Waals surface area contributed by atoms with Crippen LogP contribution in [0.2, 0.25) is 0 Å². The van der Waals surface area contributed by atoms with Gasteiger partial charge in [0.2, 0.25) is 0 Å². The molecule has 3 aromatic rings. The summed E-state index contributed by atoms with van der Waals surface area (Å²) in [7, 11) is -7.68. The van der Waals surface area contributed by atoms with Gasteiger partial charge in [-0.3, -0.25) is 9.44 Å². The van der Waals surface area contributed by atoms with Crippen molar-refractivity contribution in [3.63, 3.8) is 0 Å². The van der Waals surface area contributed by atoms with E-state index >= 15 is 0 Å². The number of benzene rings is 3. The fourth-order valence-corrected chi connectivity index (χ4v) is 4.71. The van der Waals surface area contributed by atoms with Crippen molar-refractivity contribution in [3.05, 3.63) is 83.3 Å². The van der Waals surface area contributed by atoms with Crippen LogP contribution in [0.5, 0.6) is 0 Å². The van der Waals surface area contributed by atoms with Gasteiger partial charge in [0.25, 0.3) is 20.0 Å². The van der Waals surface area contributed by atoms with Crippen LogP contribution in [0.15, 0.2) is 93.1 Å². The molecule has 0 fully saturated rings. The molecule has 0 unspecified atom stereocenters. The lowest BCUT2D eigenvalue weighted by Crippen LogP contribution is -2.15. The molecule has 9 heteroatoms. The molecule has 0 saturated heterocycles. The molecule has 0 aliphatic rings. The van der Waals surface area contributed by atoms with Gasteiger partial charge in [0, 0.05) is 10.2 Å². The molecule has 6 nitrogen and oxygen atoms in total. The number of hydrogen-bond acceptors (Lipinski definition) is 4. The van der Waals surface area contributed by atoms with Crippen LogP contribution in [0, 0.1) is 0 Å². The van der Waals surface area contributed by atoms with Gasteiger partial charge in [-0.05, 0) is 54.6 Å². The van der Waals surface area contributed by atoms with Crippen molar-refractivity contribution in [2.75, 3.05) is 9.44 Å². The second kappa shape index (κ2) is 7.71. The van der Waals surface area contributed by atoms with Crippen molar-refractivity contribution >= 4 is 47.4 Å². The first kappa shape index (κ1) is 19.4. The van der Waals surface area contributed by atoms with E-state index in [4.69, 9.17) is 0 Å². The third-order valence-corrected chi connectivity index (χ3v) is 6.85. The summed E-state index contributed by atoms with van der Waals surface area (Å²) in [5, 5.41) is 0. The Kier molecular flexibility index (Phi) is 5.54. The number of sulfonamides is 2. The maximum absolute atomic E-state index is 12.6. The summed E-state index contributed by atoms with van der Waals surface area (Å²) in [6.07, 6.45) is 0. The van der Waals surface area contributed by atoms with Crippen molar-refractivity contribution in [1.82, 2.24) is 0 Å².